The van der Waals surface area contributed by atoms with Crippen LogP contribution in [-0.4, -0.2) is 42.6 Å². The van der Waals surface area contributed by atoms with Gasteiger partial charge in [-0.15, -0.1) is 0 Å². The van der Waals surface area contributed by atoms with Gasteiger partial charge in [0.1, 0.15) is 11.6 Å². The summed E-state index contributed by atoms with van der Waals surface area (Å²) < 4.78 is 2.00. The molecule has 1 fully saturated rings. The molecule has 1 aromatic carbocycles. The van der Waals surface area contributed by atoms with Crippen molar-refractivity contribution in [2.45, 2.75) is 32.2 Å². The molecule has 4 heterocycles. The second-order valence-electron chi connectivity index (χ2n) is 8.28. The van der Waals surface area contributed by atoms with Crippen molar-refractivity contribution >= 4 is 23.1 Å². The van der Waals surface area contributed by atoms with Crippen LogP contribution in [0.15, 0.2) is 67.3 Å². The SMILES string of the molecule is CC#CC(=O)N1CCCC[C@H]1c1nc(-c2ccc(C(=O)Nc3ccccn3)cc2)c2cnccn12. The molecular formula is C27H24N6O2. The van der Waals surface area contributed by atoms with Gasteiger partial charge in [-0.2, -0.15) is 0 Å². The van der Waals surface area contributed by atoms with E-state index in [1.807, 2.05) is 33.7 Å². The summed E-state index contributed by atoms with van der Waals surface area (Å²) in [5, 5.41) is 2.79. The maximum Gasteiger partial charge on any atom is 0.299 e. The molecule has 2 amide bonds. The Morgan fingerprint density at radius 2 is 1.94 bits per heavy atom. The van der Waals surface area contributed by atoms with E-state index in [1.165, 1.54) is 0 Å². The van der Waals surface area contributed by atoms with Gasteiger partial charge >= 0.3 is 0 Å². The number of anilines is 1. The van der Waals surface area contributed by atoms with Crippen LogP contribution in [0, 0.1) is 11.8 Å². The fourth-order valence-corrected chi connectivity index (χ4v) is 4.44. The topological polar surface area (TPSA) is 92.5 Å². The molecule has 1 aliphatic heterocycles. The fourth-order valence-electron chi connectivity index (χ4n) is 4.44. The van der Waals surface area contributed by atoms with Crippen LogP contribution in [0.3, 0.4) is 0 Å². The fraction of sp³-hybridized carbons (Fsp3) is 0.222. The Hall–Kier alpha value is -4.51. The first kappa shape index (κ1) is 22.3. The van der Waals surface area contributed by atoms with Crippen molar-refractivity contribution in [3.05, 3.63) is 78.6 Å². The van der Waals surface area contributed by atoms with E-state index >= 15 is 0 Å². The lowest BCUT2D eigenvalue weighted by Crippen LogP contribution is -2.38. The van der Waals surface area contributed by atoms with E-state index in [0.717, 1.165) is 41.9 Å². The number of carbonyl (C=O) groups is 2. The zero-order valence-corrected chi connectivity index (χ0v) is 19.3. The molecule has 1 N–H and O–H groups in total. The number of piperidine rings is 1. The molecule has 8 heteroatoms. The molecule has 0 aliphatic carbocycles. The number of hydrogen-bond donors (Lipinski definition) is 1. The van der Waals surface area contributed by atoms with Crippen molar-refractivity contribution in [1.29, 1.82) is 0 Å². The molecular weight excluding hydrogens is 440 g/mol. The van der Waals surface area contributed by atoms with Gasteiger partial charge in [-0.3, -0.25) is 19.0 Å². The van der Waals surface area contributed by atoms with Crippen LogP contribution in [0.4, 0.5) is 5.82 Å². The molecule has 4 aromatic rings. The molecule has 1 saturated heterocycles. The molecule has 0 bridgehead atoms. The van der Waals surface area contributed by atoms with E-state index < -0.39 is 0 Å². The summed E-state index contributed by atoms with van der Waals surface area (Å²) in [7, 11) is 0. The van der Waals surface area contributed by atoms with Gasteiger partial charge in [0.15, 0.2) is 0 Å². The number of hydrogen-bond acceptors (Lipinski definition) is 5. The molecule has 1 atom stereocenters. The van der Waals surface area contributed by atoms with E-state index in [0.29, 0.717) is 17.9 Å². The molecule has 174 valence electrons. The van der Waals surface area contributed by atoms with Crippen LogP contribution in [0.5, 0.6) is 0 Å². The lowest BCUT2D eigenvalue weighted by atomic mass is 10.0. The van der Waals surface area contributed by atoms with Gasteiger partial charge < -0.3 is 10.2 Å². The van der Waals surface area contributed by atoms with Crippen molar-refractivity contribution in [2.24, 2.45) is 0 Å². The maximum atomic E-state index is 12.7. The number of fused-ring (bicyclic) bond motifs is 1. The zero-order valence-electron chi connectivity index (χ0n) is 19.3. The highest BCUT2D eigenvalue weighted by atomic mass is 16.2. The largest absolute Gasteiger partial charge is 0.322 e. The number of amides is 2. The number of aromatic nitrogens is 4. The number of likely N-dealkylation sites (tertiary alicyclic amines) is 1. The summed E-state index contributed by atoms with van der Waals surface area (Å²) in [4.78, 5) is 40.5. The number of imidazole rings is 1. The van der Waals surface area contributed by atoms with Gasteiger partial charge in [0.05, 0.1) is 23.4 Å². The van der Waals surface area contributed by atoms with Crippen molar-refractivity contribution in [3.8, 4) is 23.1 Å². The van der Waals surface area contributed by atoms with Crippen LogP contribution in [0.25, 0.3) is 16.8 Å². The van der Waals surface area contributed by atoms with E-state index in [1.54, 1.807) is 49.8 Å². The van der Waals surface area contributed by atoms with E-state index in [2.05, 4.69) is 27.1 Å². The molecule has 0 saturated carbocycles. The van der Waals surface area contributed by atoms with Gasteiger partial charge in [-0.1, -0.05) is 24.1 Å². The van der Waals surface area contributed by atoms with Gasteiger partial charge in [0.25, 0.3) is 11.8 Å². The third-order valence-electron chi connectivity index (χ3n) is 6.09. The van der Waals surface area contributed by atoms with Crippen LogP contribution < -0.4 is 5.32 Å². The smallest absolute Gasteiger partial charge is 0.299 e. The molecule has 0 spiro atoms. The Kier molecular flexibility index (Phi) is 6.22. The molecule has 5 rings (SSSR count). The minimum absolute atomic E-state index is 0.163. The number of carbonyl (C=O) groups excluding carboxylic acids is 2. The quantitative estimate of drug-likeness (QED) is 0.459. The Morgan fingerprint density at radius 1 is 1.09 bits per heavy atom. The molecule has 3 aromatic heterocycles. The minimum atomic E-state index is -0.235. The third kappa shape index (κ3) is 4.49. The van der Waals surface area contributed by atoms with Gasteiger partial charge in [-0.05, 0) is 56.4 Å². The summed E-state index contributed by atoms with van der Waals surface area (Å²) in [6.07, 6.45) is 9.78. The van der Waals surface area contributed by atoms with Gasteiger partial charge in [0.2, 0.25) is 0 Å². The first-order valence-corrected chi connectivity index (χ1v) is 11.5. The molecule has 0 unspecified atom stereocenters. The highest BCUT2D eigenvalue weighted by Gasteiger charge is 2.31. The number of benzene rings is 1. The number of pyridine rings is 1. The summed E-state index contributed by atoms with van der Waals surface area (Å²) in [5.74, 6) is 6.28. The summed E-state index contributed by atoms with van der Waals surface area (Å²) in [6.45, 7) is 2.33. The zero-order chi connectivity index (χ0) is 24.2. The predicted molar refractivity (Wildman–Crippen MR) is 132 cm³/mol. The van der Waals surface area contributed by atoms with Crippen molar-refractivity contribution < 1.29 is 9.59 Å². The van der Waals surface area contributed by atoms with Crippen LogP contribution in [-0.2, 0) is 4.79 Å². The average Bonchev–Trinajstić information content (AvgIpc) is 3.29. The number of nitrogens with one attached hydrogen (secondary N) is 1. The lowest BCUT2D eigenvalue weighted by Gasteiger charge is -2.33. The van der Waals surface area contributed by atoms with Crippen molar-refractivity contribution in [3.63, 3.8) is 0 Å². The number of rotatable bonds is 4. The molecule has 1 aliphatic rings. The summed E-state index contributed by atoms with van der Waals surface area (Å²) in [6, 6.07) is 12.5. The predicted octanol–water partition coefficient (Wildman–Crippen LogP) is 4.12. The first-order valence-electron chi connectivity index (χ1n) is 11.5. The number of nitrogens with zero attached hydrogens (tertiary/aromatic N) is 5. The van der Waals surface area contributed by atoms with Crippen LogP contribution >= 0.6 is 0 Å². The Balaban J connectivity index is 1.48. The van der Waals surface area contributed by atoms with E-state index in [-0.39, 0.29) is 17.9 Å². The Morgan fingerprint density at radius 3 is 2.71 bits per heavy atom. The molecule has 8 nitrogen and oxygen atoms in total. The molecule has 35 heavy (non-hydrogen) atoms. The Labute approximate surface area is 203 Å². The summed E-state index contributed by atoms with van der Waals surface area (Å²) >= 11 is 0. The van der Waals surface area contributed by atoms with Gasteiger partial charge in [-0.25, -0.2) is 9.97 Å². The Bertz CT molecular complexity index is 1430. The van der Waals surface area contributed by atoms with Crippen molar-refractivity contribution in [1.82, 2.24) is 24.3 Å². The van der Waals surface area contributed by atoms with Crippen molar-refractivity contribution in [2.75, 3.05) is 11.9 Å². The van der Waals surface area contributed by atoms with E-state index in [4.69, 9.17) is 4.98 Å². The first-order chi connectivity index (χ1) is 17.2. The monoisotopic (exact) mass is 464 g/mol. The standard InChI is InChI=1S/C27H24N6O2/c1-2-7-24(34)32-16-6-4-8-21(32)26-31-25(22-18-28-15-17-33(22)26)19-10-12-20(13-11-19)27(35)30-23-9-3-5-14-29-23/h3,5,9-15,17-18,21H,4,6,8,16H2,1H3,(H,29,30,35)/t21-/m0/s1. The van der Waals surface area contributed by atoms with Crippen LogP contribution in [0.1, 0.15) is 48.4 Å². The third-order valence-corrected chi connectivity index (χ3v) is 6.09. The van der Waals surface area contributed by atoms with Gasteiger partial charge in [0, 0.05) is 36.3 Å². The second kappa shape index (κ2) is 9.77. The van der Waals surface area contributed by atoms with E-state index in [9.17, 15) is 9.59 Å². The maximum absolute atomic E-state index is 12.7. The lowest BCUT2D eigenvalue weighted by molar-refractivity contribution is -0.129. The normalized spacial score (nSPS) is 15.3. The van der Waals surface area contributed by atoms with Crippen LogP contribution in [0.2, 0.25) is 0 Å². The highest BCUT2D eigenvalue weighted by molar-refractivity contribution is 6.04. The summed E-state index contributed by atoms with van der Waals surface area (Å²) in [5.41, 5.74) is 2.97. The molecule has 0 radical (unpaired) electrons. The second-order valence-corrected chi connectivity index (χ2v) is 8.28. The highest BCUT2D eigenvalue weighted by Crippen LogP contribution is 2.34. The average molecular weight is 465 g/mol. The minimum Gasteiger partial charge on any atom is -0.322 e.